The molecule has 0 fully saturated rings. The number of aryl methyl sites for hydroxylation is 1. The molecule has 0 spiro atoms. The molecule has 0 saturated carbocycles. The fourth-order valence-corrected chi connectivity index (χ4v) is 2.60. The van der Waals surface area contributed by atoms with Gasteiger partial charge in [-0.2, -0.15) is 4.98 Å². The van der Waals surface area contributed by atoms with Crippen LogP contribution >= 0.6 is 0 Å². The van der Waals surface area contributed by atoms with Gasteiger partial charge in [-0.3, -0.25) is 0 Å². The molecule has 1 aromatic heterocycles. The maximum Gasteiger partial charge on any atom is 0.231 e. The third-order valence-corrected chi connectivity index (χ3v) is 4.06. The summed E-state index contributed by atoms with van der Waals surface area (Å²) in [7, 11) is 0. The zero-order valence-corrected chi connectivity index (χ0v) is 16.1. The van der Waals surface area contributed by atoms with E-state index in [2.05, 4.69) is 39.6 Å². The number of nitrogens with one attached hydrogen (secondary N) is 2. The number of ether oxygens (including phenoxy) is 2. The van der Waals surface area contributed by atoms with Gasteiger partial charge in [0.25, 0.3) is 0 Å². The Bertz CT molecular complexity index is 772. The van der Waals surface area contributed by atoms with Crippen molar-refractivity contribution in [2.75, 3.05) is 19.9 Å². The maximum absolute atomic E-state index is 5.41. The van der Waals surface area contributed by atoms with Crippen molar-refractivity contribution >= 4 is 5.96 Å². The molecule has 1 aromatic carbocycles. The van der Waals surface area contributed by atoms with Gasteiger partial charge in [0.2, 0.25) is 12.7 Å². The normalized spacial score (nSPS) is 13.3. The lowest BCUT2D eigenvalue weighted by atomic mass is 10.2. The summed E-state index contributed by atoms with van der Waals surface area (Å²) in [6.45, 7) is 8.56. The molecule has 1 aliphatic heterocycles. The number of benzene rings is 1. The molecule has 8 nitrogen and oxygen atoms in total. The molecule has 27 heavy (non-hydrogen) atoms. The Kier molecular flexibility index (Phi) is 6.51. The highest BCUT2D eigenvalue weighted by Gasteiger charge is 2.13. The summed E-state index contributed by atoms with van der Waals surface area (Å²) in [6.07, 6.45) is 1.63. The third kappa shape index (κ3) is 5.35. The third-order valence-electron chi connectivity index (χ3n) is 4.06. The lowest BCUT2D eigenvalue weighted by Gasteiger charge is -2.11. The van der Waals surface area contributed by atoms with Gasteiger partial charge in [0.15, 0.2) is 23.3 Å². The number of fused-ring (bicyclic) bond motifs is 1. The number of rotatable bonds is 8. The molecule has 0 amide bonds. The number of hydrogen-bond acceptors (Lipinski definition) is 6. The predicted molar refractivity (Wildman–Crippen MR) is 102 cm³/mol. The monoisotopic (exact) mass is 373 g/mol. The zero-order valence-electron chi connectivity index (χ0n) is 16.1. The molecule has 0 radical (unpaired) electrons. The van der Waals surface area contributed by atoms with Crippen LogP contribution in [-0.2, 0) is 13.0 Å². The Morgan fingerprint density at radius 1 is 1.22 bits per heavy atom. The van der Waals surface area contributed by atoms with Crippen LogP contribution in [0.25, 0.3) is 0 Å². The van der Waals surface area contributed by atoms with Gasteiger partial charge in [-0.25, -0.2) is 4.99 Å². The SMILES string of the molecule is CCNC(=NCc1ccc2c(c1)OCO2)NCCCc1nc(C(C)C)no1. The summed E-state index contributed by atoms with van der Waals surface area (Å²) in [5, 5.41) is 10.6. The lowest BCUT2D eigenvalue weighted by Crippen LogP contribution is -2.37. The highest BCUT2D eigenvalue weighted by Crippen LogP contribution is 2.32. The van der Waals surface area contributed by atoms with Gasteiger partial charge in [-0.15, -0.1) is 0 Å². The van der Waals surface area contributed by atoms with Gasteiger partial charge in [-0.1, -0.05) is 25.1 Å². The first-order valence-corrected chi connectivity index (χ1v) is 9.39. The van der Waals surface area contributed by atoms with Crippen LogP contribution in [0, 0.1) is 0 Å². The number of aromatic nitrogens is 2. The molecule has 2 aromatic rings. The van der Waals surface area contributed by atoms with Gasteiger partial charge >= 0.3 is 0 Å². The van der Waals surface area contributed by atoms with E-state index in [1.807, 2.05) is 25.1 Å². The van der Waals surface area contributed by atoms with Crippen molar-refractivity contribution in [1.29, 1.82) is 0 Å². The molecule has 8 heteroatoms. The topological polar surface area (TPSA) is 93.8 Å². The van der Waals surface area contributed by atoms with Gasteiger partial charge in [0, 0.05) is 25.4 Å². The molecular formula is C19H27N5O3. The van der Waals surface area contributed by atoms with Gasteiger partial charge in [-0.05, 0) is 31.0 Å². The largest absolute Gasteiger partial charge is 0.454 e. The quantitative estimate of drug-likeness (QED) is 0.417. The number of aliphatic imine (C=N–C) groups is 1. The first kappa shape index (κ1) is 19.0. The number of hydrogen-bond donors (Lipinski definition) is 2. The van der Waals surface area contributed by atoms with Crippen LogP contribution in [0.15, 0.2) is 27.7 Å². The van der Waals surface area contributed by atoms with Crippen LogP contribution in [0.2, 0.25) is 0 Å². The smallest absolute Gasteiger partial charge is 0.231 e. The molecule has 0 unspecified atom stereocenters. The molecule has 146 valence electrons. The second-order valence-corrected chi connectivity index (χ2v) is 6.61. The molecular weight excluding hydrogens is 346 g/mol. The first-order valence-electron chi connectivity index (χ1n) is 9.39. The van der Waals surface area contributed by atoms with Crippen LogP contribution in [0.5, 0.6) is 11.5 Å². The second kappa shape index (κ2) is 9.25. The summed E-state index contributed by atoms with van der Waals surface area (Å²) < 4.78 is 16.0. The van der Waals surface area contributed by atoms with Gasteiger partial charge in [0.1, 0.15) is 0 Å². The van der Waals surface area contributed by atoms with E-state index in [0.29, 0.717) is 12.4 Å². The molecule has 1 aliphatic rings. The minimum atomic E-state index is 0.282. The number of guanidine groups is 1. The Hall–Kier alpha value is -2.77. The summed E-state index contributed by atoms with van der Waals surface area (Å²) in [4.78, 5) is 9.02. The van der Waals surface area contributed by atoms with Gasteiger partial charge in [0.05, 0.1) is 6.54 Å². The summed E-state index contributed by atoms with van der Waals surface area (Å²) in [5.41, 5.74) is 1.07. The van der Waals surface area contributed by atoms with Crippen molar-refractivity contribution in [2.45, 2.75) is 46.1 Å². The minimum absolute atomic E-state index is 0.282. The molecule has 2 N–H and O–H groups in total. The Balaban J connectivity index is 1.47. The Morgan fingerprint density at radius 3 is 2.85 bits per heavy atom. The van der Waals surface area contributed by atoms with Crippen LogP contribution in [0.1, 0.15) is 50.4 Å². The zero-order chi connectivity index (χ0) is 19.1. The van der Waals surface area contributed by atoms with Crippen molar-refractivity contribution in [3.05, 3.63) is 35.5 Å². The average Bonchev–Trinajstić information content (AvgIpc) is 3.31. The molecule has 3 rings (SSSR count). The first-order chi connectivity index (χ1) is 13.2. The van der Waals surface area contributed by atoms with Crippen LogP contribution in [0.3, 0.4) is 0 Å². The highest BCUT2D eigenvalue weighted by atomic mass is 16.7. The summed E-state index contributed by atoms with van der Waals surface area (Å²) in [5.74, 6) is 4.07. The Morgan fingerprint density at radius 2 is 2.07 bits per heavy atom. The standard InChI is InChI=1S/C19H27N5O3/c1-4-20-19(21-9-5-6-17-23-18(13(2)3)24-27-17)22-11-14-7-8-15-16(10-14)26-12-25-15/h7-8,10,13H,4-6,9,11-12H2,1-3H3,(H2,20,21,22). The van der Waals surface area contributed by atoms with Crippen molar-refractivity contribution < 1.29 is 14.0 Å². The van der Waals surface area contributed by atoms with Crippen molar-refractivity contribution in [1.82, 2.24) is 20.8 Å². The van der Waals surface area contributed by atoms with E-state index < -0.39 is 0 Å². The fraction of sp³-hybridized carbons (Fsp3) is 0.526. The van der Waals surface area contributed by atoms with Crippen molar-refractivity contribution in [3.63, 3.8) is 0 Å². The van der Waals surface area contributed by atoms with E-state index in [0.717, 1.165) is 54.8 Å². The van der Waals surface area contributed by atoms with E-state index in [9.17, 15) is 0 Å². The Labute approximate surface area is 159 Å². The summed E-state index contributed by atoms with van der Waals surface area (Å²) >= 11 is 0. The summed E-state index contributed by atoms with van der Waals surface area (Å²) in [6, 6.07) is 5.89. The van der Waals surface area contributed by atoms with Crippen LogP contribution in [0.4, 0.5) is 0 Å². The van der Waals surface area contributed by atoms with Crippen molar-refractivity contribution in [3.8, 4) is 11.5 Å². The van der Waals surface area contributed by atoms with Crippen LogP contribution < -0.4 is 20.1 Å². The molecule has 0 bridgehead atoms. The molecule has 2 heterocycles. The van der Waals surface area contributed by atoms with Gasteiger partial charge < -0.3 is 24.6 Å². The maximum atomic E-state index is 5.41. The van der Waals surface area contributed by atoms with E-state index >= 15 is 0 Å². The molecule has 0 atom stereocenters. The van der Waals surface area contributed by atoms with E-state index in [1.54, 1.807) is 0 Å². The van der Waals surface area contributed by atoms with Crippen molar-refractivity contribution in [2.24, 2.45) is 4.99 Å². The fourth-order valence-electron chi connectivity index (χ4n) is 2.60. The molecule has 0 saturated heterocycles. The lowest BCUT2D eigenvalue weighted by molar-refractivity contribution is 0.174. The van der Waals surface area contributed by atoms with E-state index in [-0.39, 0.29) is 12.7 Å². The molecule has 0 aliphatic carbocycles. The highest BCUT2D eigenvalue weighted by molar-refractivity contribution is 5.79. The average molecular weight is 373 g/mol. The van der Waals surface area contributed by atoms with E-state index in [1.165, 1.54) is 0 Å². The van der Waals surface area contributed by atoms with E-state index in [4.69, 9.17) is 14.0 Å². The number of nitrogens with zero attached hydrogens (tertiary/aromatic N) is 3. The minimum Gasteiger partial charge on any atom is -0.454 e. The second-order valence-electron chi connectivity index (χ2n) is 6.61. The predicted octanol–water partition coefficient (Wildman–Crippen LogP) is 2.61. The van der Waals surface area contributed by atoms with Crippen LogP contribution in [-0.4, -0.2) is 36.0 Å².